The highest BCUT2D eigenvalue weighted by Crippen LogP contribution is 2.23. The van der Waals surface area contributed by atoms with Gasteiger partial charge < -0.3 is 14.8 Å². The molecule has 1 aromatic carbocycles. The molecule has 0 fully saturated rings. The number of rotatable bonds is 6. The van der Waals surface area contributed by atoms with Crippen LogP contribution in [0.2, 0.25) is 0 Å². The SMILES string of the molecule is COc1nn(C)cc1C(=O)Nc1ccc(Oc2ccc(-n3cccn3)nn2)cc1. The molecule has 3 heterocycles. The van der Waals surface area contributed by atoms with Crippen LogP contribution >= 0.6 is 0 Å². The van der Waals surface area contributed by atoms with Crippen molar-refractivity contribution in [2.45, 2.75) is 0 Å². The fourth-order valence-corrected chi connectivity index (χ4v) is 2.59. The molecule has 0 aliphatic heterocycles. The molecule has 10 heteroatoms. The first-order valence-corrected chi connectivity index (χ1v) is 8.63. The fraction of sp³-hybridized carbons (Fsp3) is 0.105. The van der Waals surface area contributed by atoms with Crippen molar-refractivity contribution in [2.24, 2.45) is 7.05 Å². The number of ether oxygens (including phenoxy) is 2. The van der Waals surface area contributed by atoms with E-state index in [1.807, 2.05) is 0 Å². The molecule has 0 aliphatic carbocycles. The Labute approximate surface area is 165 Å². The topological polar surface area (TPSA) is 109 Å². The monoisotopic (exact) mass is 391 g/mol. The van der Waals surface area contributed by atoms with Gasteiger partial charge in [0.15, 0.2) is 5.82 Å². The summed E-state index contributed by atoms with van der Waals surface area (Å²) in [4.78, 5) is 12.4. The van der Waals surface area contributed by atoms with E-state index in [4.69, 9.17) is 9.47 Å². The second-order valence-corrected chi connectivity index (χ2v) is 5.99. The van der Waals surface area contributed by atoms with E-state index >= 15 is 0 Å². The number of aryl methyl sites for hydroxylation is 1. The van der Waals surface area contributed by atoms with E-state index in [9.17, 15) is 4.79 Å². The van der Waals surface area contributed by atoms with Crippen molar-refractivity contribution in [3.05, 3.63) is 66.6 Å². The van der Waals surface area contributed by atoms with Crippen LogP contribution in [-0.4, -0.2) is 42.8 Å². The van der Waals surface area contributed by atoms with Crippen LogP contribution in [0.5, 0.6) is 17.5 Å². The molecular weight excluding hydrogens is 374 g/mol. The van der Waals surface area contributed by atoms with Crippen molar-refractivity contribution in [3.8, 4) is 23.3 Å². The van der Waals surface area contributed by atoms with Gasteiger partial charge in [0.1, 0.15) is 11.3 Å². The first-order chi connectivity index (χ1) is 14.1. The van der Waals surface area contributed by atoms with E-state index < -0.39 is 0 Å². The lowest BCUT2D eigenvalue weighted by Gasteiger charge is -2.07. The summed E-state index contributed by atoms with van der Waals surface area (Å²) in [5, 5.41) is 19.1. The average molecular weight is 391 g/mol. The molecule has 1 amide bonds. The van der Waals surface area contributed by atoms with E-state index in [2.05, 4.69) is 25.7 Å². The van der Waals surface area contributed by atoms with E-state index in [1.54, 1.807) is 72.8 Å². The third-order valence-electron chi connectivity index (χ3n) is 3.93. The first kappa shape index (κ1) is 18.2. The van der Waals surface area contributed by atoms with Gasteiger partial charge in [-0.15, -0.1) is 15.3 Å². The number of nitrogens with zero attached hydrogens (tertiary/aromatic N) is 6. The van der Waals surface area contributed by atoms with E-state index in [1.165, 1.54) is 11.8 Å². The Hall–Kier alpha value is -4.21. The molecule has 0 saturated carbocycles. The third kappa shape index (κ3) is 4.05. The zero-order valence-corrected chi connectivity index (χ0v) is 15.7. The molecule has 0 atom stereocenters. The Balaban J connectivity index is 1.40. The van der Waals surface area contributed by atoms with Crippen LogP contribution in [0.15, 0.2) is 61.1 Å². The summed E-state index contributed by atoms with van der Waals surface area (Å²) in [5.41, 5.74) is 0.955. The predicted octanol–water partition coefficient (Wildman–Crippen LogP) is 2.45. The molecule has 146 valence electrons. The molecule has 0 spiro atoms. The Morgan fingerprint density at radius 2 is 1.93 bits per heavy atom. The van der Waals surface area contributed by atoms with Crippen LogP contribution < -0.4 is 14.8 Å². The van der Waals surface area contributed by atoms with Crippen molar-refractivity contribution >= 4 is 11.6 Å². The molecule has 3 aromatic heterocycles. The Morgan fingerprint density at radius 1 is 1.10 bits per heavy atom. The highest BCUT2D eigenvalue weighted by Gasteiger charge is 2.16. The molecule has 0 unspecified atom stereocenters. The number of aromatic nitrogens is 6. The summed E-state index contributed by atoms with van der Waals surface area (Å²) in [6, 6.07) is 12.2. The number of methoxy groups -OCH3 is 1. The van der Waals surface area contributed by atoms with Gasteiger partial charge in [-0.05, 0) is 36.4 Å². The van der Waals surface area contributed by atoms with Gasteiger partial charge in [0.05, 0.1) is 7.11 Å². The van der Waals surface area contributed by atoms with Gasteiger partial charge in [0.25, 0.3) is 5.91 Å². The summed E-state index contributed by atoms with van der Waals surface area (Å²) in [6.07, 6.45) is 5.03. The van der Waals surface area contributed by atoms with Gasteiger partial charge in [0.2, 0.25) is 11.8 Å². The zero-order valence-electron chi connectivity index (χ0n) is 15.7. The number of hydrogen-bond acceptors (Lipinski definition) is 7. The van der Waals surface area contributed by atoms with Crippen molar-refractivity contribution in [1.82, 2.24) is 29.8 Å². The number of carbonyl (C=O) groups is 1. The molecule has 4 rings (SSSR count). The maximum atomic E-state index is 12.4. The number of amides is 1. The highest BCUT2D eigenvalue weighted by atomic mass is 16.5. The lowest BCUT2D eigenvalue weighted by atomic mass is 10.2. The molecule has 0 radical (unpaired) electrons. The van der Waals surface area contributed by atoms with Gasteiger partial charge >= 0.3 is 0 Å². The third-order valence-corrected chi connectivity index (χ3v) is 3.93. The van der Waals surface area contributed by atoms with Crippen LogP contribution in [0.4, 0.5) is 5.69 Å². The number of hydrogen-bond donors (Lipinski definition) is 1. The van der Waals surface area contributed by atoms with Gasteiger partial charge in [-0.1, -0.05) is 0 Å². The van der Waals surface area contributed by atoms with Gasteiger partial charge in [0, 0.05) is 37.4 Å². The quantitative estimate of drug-likeness (QED) is 0.538. The van der Waals surface area contributed by atoms with Crippen LogP contribution in [-0.2, 0) is 7.05 Å². The molecule has 0 aliphatic rings. The van der Waals surface area contributed by atoms with Crippen LogP contribution in [0.1, 0.15) is 10.4 Å². The van der Waals surface area contributed by atoms with Crippen molar-refractivity contribution in [2.75, 3.05) is 12.4 Å². The fourth-order valence-electron chi connectivity index (χ4n) is 2.59. The number of nitrogens with one attached hydrogen (secondary N) is 1. The predicted molar refractivity (Wildman–Crippen MR) is 103 cm³/mol. The normalized spacial score (nSPS) is 10.6. The number of carbonyl (C=O) groups excluding carboxylic acids is 1. The average Bonchev–Trinajstić information content (AvgIpc) is 3.40. The minimum Gasteiger partial charge on any atom is -0.479 e. The van der Waals surface area contributed by atoms with Gasteiger partial charge in [-0.2, -0.15) is 5.10 Å². The molecular formula is C19H17N7O3. The zero-order chi connectivity index (χ0) is 20.2. The first-order valence-electron chi connectivity index (χ1n) is 8.63. The molecule has 29 heavy (non-hydrogen) atoms. The van der Waals surface area contributed by atoms with E-state index in [0.29, 0.717) is 28.7 Å². The molecule has 1 N–H and O–H groups in total. The van der Waals surface area contributed by atoms with Gasteiger partial charge in [-0.3, -0.25) is 9.48 Å². The summed E-state index contributed by atoms with van der Waals surface area (Å²) in [5.74, 6) is 1.44. The minimum absolute atomic E-state index is 0.266. The highest BCUT2D eigenvalue weighted by molar-refractivity contribution is 6.05. The lowest BCUT2D eigenvalue weighted by Crippen LogP contribution is -2.12. The number of benzene rings is 1. The van der Waals surface area contributed by atoms with Crippen LogP contribution in [0.3, 0.4) is 0 Å². The Bertz CT molecular complexity index is 1100. The summed E-state index contributed by atoms with van der Waals surface area (Å²) >= 11 is 0. The van der Waals surface area contributed by atoms with Crippen LogP contribution in [0, 0.1) is 0 Å². The molecule has 4 aromatic rings. The van der Waals surface area contributed by atoms with Crippen molar-refractivity contribution in [1.29, 1.82) is 0 Å². The second kappa shape index (κ2) is 7.80. The lowest BCUT2D eigenvalue weighted by molar-refractivity contribution is 0.102. The van der Waals surface area contributed by atoms with Crippen molar-refractivity contribution in [3.63, 3.8) is 0 Å². The second-order valence-electron chi connectivity index (χ2n) is 5.99. The summed E-state index contributed by atoms with van der Waals surface area (Å²) in [7, 11) is 3.19. The summed E-state index contributed by atoms with van der Waals surface area (Å²) in [6.45, 7) is 0. The minimum atomic E-state index is -0.316. The standard InChI is InChI=1S/C19H17N7O3/c1-25-12-15(19(24-25)28-2)18(27)21-13-4-6-14(7-5-13)29-17-9-8-16(22-23-17)26-11-3-10-20-26/h3-12H,1-2H3,(H,21,27). The van der Waals surface area contributed by atoms with Gasteiger partial charge in [-0.25, -0.2) is 4.68 Å². The summed E-state index contributed by atoms with van der Waals surface area (Å²) < 4.78 is 13.9. The number of anilines is 1. The molecule has 0 bridgehead atoms. The maximum absolute atomic E-state index is 12.4. The molecule has 0 saturated heterocycles. The largest absolute Gasteiger partial charge is 0.479 e. The van der Waals surface area contributed by atoms with Crippen molar-refractivity contribution < 1.29 is 14.3 Å². The van der Waals surface area contributed by atoms with Crippen LogP contribution in [0.25, 0.3) is 5.82 Å². The Morgan fingerprint density at radius 3 is 2.59 bits per heavy atom. The van der Waals surface area contributed by atoms with E-state index in [-0.39, 0.29) is 11.8 Å². The Kier molecular flexibility index (Phi) is 4.89. The molecule has 10 nitrogen and oxygen atoms in total. The maximum Gasteiger partial charge on any atom is 0.262 e. The smallest absolute Gasteiger partial charge is 0.262 e. The van der Waals surface area contributed by atoms with E-state index in [0.717, 1.165) is 0 Å².